The summed E-state index contributed by atoms with van der Waals surface area (Å²) in [5.74, 6) is 2.08. The molecule has 0 aromatic heterocycles. The van der Waals surface area contributed by atoms with Crippen LogP contribution in [0.1, 0.15) is 6.92 Å². The van der Waals surface area contributed by atoms with Gasteiger partial charge in [-0.1, -0.05) is 11.6 Å². The minimum Gasteiger partial charge on any atom is -0.495 e. The van der Waals surface area contributed by atoms with E-state index in [0.717, 1.165) is 0 Å². The molecule has 144 valence electrons. The number of rotatable bonds is 6. The summed E-state index contributed by atoms with van der Waals surface area (Å²) in [5.41, 5.74) is 1.21. The molecule has 1 aliphatic heterocycles. The van der Waals surface area contributed by atoms with Gasteiger partial charge in [-0.05, 0) is 25.1 Å². The van der Waals surface area contributed by atoms with Gasteiger partial charge in [-0.15, -0.1) is 0 Å². The molecule has 2 aromatic carbocycles. The monoisotopic (exact) mass is 392 g/mol. The molecule has 1 atom stereocenters. The highest BCUT2D eigenvalue weighted by Crippen LogP contribution is 2.36. The van der Waals surface area contributed by atoms with Crippen molar-refractivity contribution in [3.8, 4) is 23.0 Å². The minimum absolute atomic E-state index is 0.222. The standard InChI is InChI=1S/C19H21ClN2O5/c1-11(21-14-9-13(20)16(24-2)10-17(14)25-3)19(23)22-12-4-5-15-18(8-12)27-7-6-26-15/h4-5,8-11,21H,6-7H2,1-3H3,(H,22,23)/t11-/m0/s1. The Morgan fingerprint density at radius 2 is 1.78 bits per heavy atom. The second-order valence-corrected chi connectivity index (χ2v) is 6.31. The lowest BCUT2D eigenvalue weighted by molar-refractivity contribution is -0.116. The zero-order valence-electron chi connectivity index (χ0n) is 15.3. The van der Waals surface area contributed by atoms with Gasteiger partial charge in [-0.25, -0.2) is 0 Å². The van der Waals surface area contributed by atoms with Crippen molar-refractivity contribution in [1.29, 1.82) is 0 Å². The zero-order chi connectivity index (χ0) is 19.4. The Balaban J connectivity index is 1.70. The van der Waals surface area contributed by atoms with Gasteiger partial charge >= 0.3 is 0 Å². The highest BCUT2D eigenvalue weighted by molar-refractivity contribution is 6.32. The molecular formula is C19H21ClN2O5. The Morgan fingerprint density at radius 3 is 2.48 bits per heavy atom. The van der Waals surface area contributed by atoms with Gasteiger partial charge in [0.1, 0.15) is 30.8 Å². The number of halogens is 1. The number of nitrogens with one attached hydrogen (secondary N) is 2. The first kappa shape index (κ1) is 19.0. The summed E-state index contributed by atoms with van der Waals surface area (Å²) in [7, 11) is 3.06. The maximum absolute atomic E-state index is 12.5. The van der Waals surface area contributed by atoms with E-state index < -0.39 is 6.04 Å². The molecule has 8 heteroatoms. The van der Waals surface area contributed by atoms with E-state index in [1.165, 1.54) is 14.2 Å². The van der Waals surface area contributed by atoms with Crippen LogP contribution in [0.2, 0.25) is 5.02 Å². The molecule has 0 saturated carbocycles. The smallest absolute Gasteiger partial charge is 0.246 e. The average Bonchev–Trinajstić information content (AvgIpc) is 2.68. The summed E-state index contributed by atoms with van der Waals surface area (Å²) in [6.07, 6.45) is 0. The van der Waals surface area contributed by atoms with E-state index in [1.54, 1.807) is 37.3 Å². The minimum atomic E-state index is -0.545. The van der Waals surface area contributed by atoms with Crippen LogP contribution in [0.15, 0.2) is 30.3 Å². The van der Waals surface area contributed by atoms with Gasteiger partial charge in [0.05, 0.1) is 24.9 Å². The summed E-state index contributed by atoms with van der Waals surface area (Å²) in [4.78, 5) is 12.5. The number of hydrogen-bond acceptors (Lipinski definition) is 6. The van der Waals surface area contributed by atoms with Gasteiger partial charge in [0.2, 0.25) is 5.91 Å². The molecule has 1 amide bonds. The summed E-state index contributed by atoms with van der Waals surface area (Å²) < 4.78 is 21.5. The van der Waals surface area contributed by atoms with Crippen molar-refractivity contribution in [2.75, 3.05) is 38.1 Å². The van der Waals surface area contributed by atoms with E-state index in [1.807, 2.05) is 0 Å². The molecule has 0 fully saturated rings. The van der Waals surface area contributed by atoms with Crippen LogP contribution in [0.5, 0.6) is 23.0 Å². The van der Waals surface area contributed by atoms with Gasteiger partial charge < -0.3 is 29.6 Å². The first-order chi connectivity index (χ1) is 13.0. The van der Waals surface area contributed by atoms with Crippen molar-refractivity contribution in [1.82, 2.24) is 0 Å². The van der Waals surface area contributed by atoms with Crippen molar-refractivity contribution in [3.05, 3.63) is 35.4 Å². The van der Waals surface area contributed by atoms with Crippen LogP contribution in [0.25, 0.3) is 0 Å². The quantitative estimate of drug-likeness (QED) is 0.782. The number of benzene rings is 2. The third-order valence-corrected chi connectivity index (χ3v) is 4.34. The van der Waals surface area contributed by atoms with Crippen molar-refractivity contribution in [3.63, 3.8) is 0 Å². The topological polar surface area (TPSA) is 78.1 Å². The third-order valence-electron chi connectivity index (χ3n) is 4.05. The maximum atomic E-state index is 12.5. The van der Waals surface area contributed by atoms with Crippen molar-refractivity contribution >= 4 is 28.9 Å². The van der Waals surface area contributed by atoms with E-state index in [2.05, 4.69) is 10.6 Å². The SMILES string of the molecule is COc1cc(OC)c(N[C@@H](C)C(=O)Nc2ccc3c(c2)OCCO3)cc1Cl. The maximum Gasteiger partial charge on any atom is 0.246 e. The fourth-order valence-electron chi connectivity index (χ4n) is 2.64. The number of fused-ring (bicyclic) bond motifs is 1. The Morgan fingerprint density at radius 1 is 1.07 bits per heavy atom. The van der Waals surface area contributed by atoms with Crippen LogP contribution >= 0.6 is 11.6 Å². The summed E-state index contributed by atoms with van der Waals surface area (Å²) in [5, 5.41) is 6.37. The molecule has 1 aliphatic rings. The molecule has 27 heavy (non-hydrogen) atoms. The van der Waals surface area contributed by atoms with Crippen LogP contribution in [-0.4, -0.2) is 39.4 Å². The van der Waals surface area contributed by atoms with Crippen molar-refractivity contribution < 1.29 is 23.7 Å². The fourth-order valence-corrected chi connectivity index (χ4v) is 2.88. The molecule has 3 rings (SSSR count). The number of carbonyl (C=O) groups is 1. The van der Waals surface area contributed by atoms with Gasteiger partial charge in [0.25, 0.3) is 0 Å². The lowest BCUT2D eigenvalue weighted by Gasteiger charge is -2.20. The van der Waals surface area contributed by atoms with Crippen LogP contribution in [-0.2, 0) is 4.79 Å². The van der Waals surface area contributed by atoms with E-state index in [-0.39, 0.29) is 5.91 Å². The Hall–Kier alpha value is -2.80. The Kier molecular flexibility index (Phi) is 5.81. The summed E-state index contributed by atoms with van der Waals surface area (Å²) in [6, 6.07) is 8.06. The molecule has 2 N–H and O–H groups in total. The van der Waals surface area contributed by atoms with Gasteiger partial charge in [-0.2, -0.15) is 0 Å². The lowest BCUT2D eigenvalue weighted by Crippen LogP contribution is -2.32. The summed E-state index contributed by atoms with van der Waals surface area (Å²) in [6.45, 7) is 2.75. The van der Waals surface area contributed by atoms with Gasteiger partial charge in [-0.3, -0.25) is 4.79 Å². The second-order valence-electron chi connectivity index (χ2n) is 5.90. The van der Waals surface area contributed by atoms with E-state index in [9.17, 15) is 4.79 Å². The fraction of sp³-hybridized carbons (Fsp3) is 0.316. The molecule has 0 spiro atoms. The highest BCUT2D eigenvalue weighted by Gasteiger charge is 2.18. The zero-order valence-corrected chi connectivity index (χ0v) is 16.1. The van der Waals surface area contributed by atoms with Crippen LogP contribution in [0.3, 0.4) is 0 Å². The predicted octanol–water partition coefficient (Wildman–Crippen LogP) is 3.57. The average molecular weight is 393 g/mol. The van der Waals surface area contributed by atoms with Gasteiger partial charge in [0.15, 0.2) is 11.5 Å². The summed E-state index contributed by atoms with van der Waals surface area (Å²) >= 11 is 6.17. The molecule has 0 unspecified atom stereocenters. The Labute approximate surface area is 162 Å². The first-order valence-corrected chi connectivity index (χ1v) is 8.78. The van der Waals surface area contributed by atoms with E-state index in [4.69, 9.17) is 30.5 Å². The first-order valence-electron chi connectivity index (χ1n) is 8.40. The molecule has 0 radical (unpaired) electrons. The van der Waals surface area contributed by atoms with E-state index >= 15 is 0 Å². The highest BCUT2D eigenvalue weighted by atomic mass is 35.5. The lowest BCUT2D eigenvalue weighted by atomic mass is 10.2. The molecule has 1 heterocycles. The van der Waals surface area contributed by atoms with Crippen LogP contribution in [0, 0.1) is 0 Å². The molecule has 7 nitrogen and oxygen atoms in total. The third kappa shape index (κ3) is 4.31. The molecule has 0 saturated heterocycles. The van der Waals surface area contributed by atoms with Crippen LogP contribution < -0.4 is 29.6 Å². The predicted molar refractivity (Wildman–Crippen MR) is 104 cm³/mol. The number of anilines is 2. The Bertz CT molecular complexity index is 843. The normalized spacial score (nSPS) is 13.5. The van der Waals surface area contributed by atoms with E-state index in [0.29, 0.717) is 52.6 Å². The number of amides is 1. The molecule has 0 bridgehead atoms. The molecule has 2 aromatic rings. The van der Waals surface area contributed by atoms with Crippen molar-refractivity contribution in [2.45, 2.75) is 13.0 Å². The number of carbonyl (C=O) groups excluding carboxylic acids is 1. The number of ether oxygens (including phenoxy) is 4. The number of methoxy groups -OCH3 is 2. The van der Waals surface area contributed by atoms with Crippen molar-refractivity contribution in [2.24, 2.45) is 0 Å². The second kappa shape index (κ2) is 8.26. The number of hydrogen-bond donors (Lipinski definition) is 2. The largest absolute Gasteiger partial charge is 0.495 e. The van der Waals surface area contributed by atoms with Crippen LogP contribution in [0.4, 0.5) is 11.4 Å². The molecule has 0 aliphatic carbocycles. The van der Waals surface area contributed by atoms with Gasteiger partial charge in [0, 0.05) is 17.8 Å². The molecular weight excluding hydrogens is 372 g/mol.